The topological polar surface area (TPSA) is 20.2 Å². The summed E-state index contributed by atoms with van der Waals surface area (Å²) in [6.45, 7) is 4.54. The van der Waals surface area contributed by atoms with Gasteiger partial charge in [-0.3, -0.25) is 0 Å². The average Bonchev–Trinajstić information content (AvgIpc) is 3.37. The summed E-state index contributed by atoms with van der Waals surface area (Å²) >= 11 is 0. The van der Waals surface area contributed by atoms with Gasteiger partial charge in [0.05, 0.1) is 0 Å². The minimum absolute atomic E-state index is 0.573. The van der Waals surface area contributed by atoms with Crippen LogP contribution in [-0.4, -0.2) is 5.11 Å². The quantitative estimate of drug-likeness (QED) is 0.351. The number of phenolic OH excluding ortho intramolecular Hbond substituents is 1. The highest BCUT2D eigenvalue weighted by atomic mass is 16.3. The van der Waals surface area contributed by atoms with E-state index < -0.39 is 0 Å². The summed E-state index contributed by atoms with van der Waals surface area (Å²) in [6, 6.07) is 4.56. The van der Waals surface area contributed by atoms with Gasteiger partial charge in [0.1, 0.15) is 5.75 Å². The first-order valence-corrected chi connectivity index (χ1v) is 14.0. The second-order valence-corrected chi connectivity index (χ2v) is 11.5. The Kier molecular flexibility index (Phi) is 8.41. The predicted octanol–water partition coefficient (Wildman–Crippen LogP) is 9.41. The molecule has 3 aliphatic carbocycles. The fourth-order valence-electron chi connectivity index (χ4n) is 7.54. The number of aryl methyl sites for hydroxylation is 1. The molecule has 1 aromatic carbocycles. The molecule has 31 heavy (non-hydrogen) atoms. The van der Waals surface area contributed by atoms with Crippen molar-refractivity contribution in [2.75, 3.05) is 0 Å². The molecule has 0 radical (unpaired) electrons. The fraction of sp³-hybridized carbons (Fsp3) is 0.800. The molecule has 3 saturated carbocycles. The molecule has 1 N–H and O–H groups in total. The van der Waals surface area contributed by atoms with Gasteiger partial charge in [-0.15, -0.1) is 0 Å². The monoisotopic (exact) mass is 424 g/mol. The van der Waals surface area contributed by atoms with Crippen molar-refractivity contribution in [2.45, 2.75) is 135 Å². The number of hydrogen-bond donors (Lipinski definition) is 1. The summed E-state index contributed by atoms with van der Waals surface area (Å²) < 4.78 is 0. The Morgan fingerprint density at radius 1 is 0.774 bits per heavy atom. The van der Waals surface area contributed by atoms with Crippen molar-refractivity contribution < 1.29 is 5.11 Å². The molecule has 4 atom stereocenters. The van der Waals surface area contributed by atoms with Gasteiger partial charge in [0.2, 0.25) is 0 Å². The lowest BCUT2D eigenvalue weighted by Gasteiger charge is -2.31. The Balaban J connectivity index is 1.27. The molecule has 4 rings (SSSR count). The number of benzene rings is 1. The van der Waals surface area contributed by atoms with Crippen molar-refractivity contribution in [1.82, 2.24) is 0 Å². The minimum Gasteiger partial charge on any atom is -0.508 e. The molecule has 3 aliphatic rings. The maximum absolute atomic E-state index is 10.7. The maximum Gasteiger partial charge on any atom is 0.119 e. The molecule has 1 aromatic rings. The van der Waals surface area contributed by atoms with E-state index in [1.807, 2.05) is 0 Å². The molecule has 0 heterocycles. The van der Waals surface area contributed by atoms with Crippen LogP contribution in [0.2, 0.25) is 0 Å². The number of unbranched alkanes of at least 4 members (excludes halogenated alkanes) is 7. The number of phenols is 1. The number of rotatable bonds is 11. The molecule has 174 valence electrons. The zero-order chi connectivity index (χ0) is 21.6. The number of hydrogen-bond acceptors (Lipinski definition) is 1. The van der Waals surface area contributed by atoms with Gasteiger partial charge in [0.15, 0.2) is 0 Å². The molecule has 0 amide bonds. The van der Waals surface area contributed by atoms with Crippen molar-refractivity contribution in [2.24, 2.45) is 17.8 Å². The first-order valence-electron chi connectivity index (χ1n) is 14.0. The lowest BCUT2D eigenvalue weighted by atomic mass is 9.74. The number of aromatic hydroxyl groups is 1. The molecule has 4 unspecified atom stereocenters. The highest BCUT2D eigenvalue weighted by molar-refractivity contribution is 5.45. The van der Waals surface area contributed by atoms with Crippen molar-refractivity contribution in [1.29, 1.82) is 0 Å². The van der Waals surface area contributed by atoms with Gasteiger partial charge >= 0.3 is 0 Å². The third kappa shape index (κ3) is 5.69. The molecule has 1 nitrogen and oxygen atoms in total. The molecular weight excluding hydrogens is 376 g/mol. The number of fused-ring (bicyclic) bond motifs is 2. The van der Waals surface area contributed by atoms with Crippen LogP contribution in [0.3, 0.4) is 0 Å². The average molecular weight is 425 g/mol. The van der Waals surface area contributed by atoms with Gasteiger partial charge in [-0.1, -0.05) is 90.0 Å². The summed E-state index contributed by atoms with van der Waals surface area (Å²) in [7, 11) is 0. The molecule has 2 bridgehead atoms. The molecule has 1 heteroatoms. The van der Waals surface area contributed by atoms with Crippen molar-refractivity contribution in [3.63, 3.8) is 0 Å². The Hall–Kier alpha value is -0.980. The molecule has 0 aliphatic heterocycles. The van der Waals surface area contributed by atoms with Crippen LogP contribution in [0.25, 0.3) is 0 Å². The van der Waals surface area contributed by atoms with Crippen molar-refractivity contribution in [3.8, 4) is 5.75 Å². The fourth-order valence-corrected chi connectivity index (χ4v) is 7.54. The summed E-state index contributed by atoms with van der Waals surface area (Å²) in [4.78, 5) is 0. The van der Waals surface area contributed by atoms with Gasteiger partial charge < -0.3 is 5.11 Å². The van der Waals surface area contributed by atoms with Gasteiger partial charge in [0.25, 0.3) is 0 Å². The van der Waals surface area contributed by atoms with E-state index in [9.17, 15) is 5.11 Å². The SMILES string of the molecule is CCCCCCCCCCC1CC2CC1CC2c1cc(C2CCCCC2)c(O)cc1C. The van der Waals surface area contributed by atoms with Crippen LogP contribution in [0.5, 0.6) is 5.75 Å². The van der Waals surface area contributed by atoms with Crippen LogP contribution in [0.4, 0.5) is 0 Å². The second kappa shape index (κ2) is 11.2. The van der Waals surface area contributed by atoms with Crippen molar-refractivity contribution in [3.05, 3.63) is 28.8 Å². The molecule has 0 saturated heterocycles. The predicted molar refractivity (Wildman–Crippen MR) is 133 cm³/mol. The smallest absolute Gasteiger partial charge is 0.119 e. The Morgan fingerprint density at radius 3 is 2.16 bits per heavy atom. The van der Waals surface area contributed by atoms with E-state index in [1.165, 1.54) is 120 Å². The largest absolute Gasteiger partial charge is 0.508 e. The minimum atomic E-state index is 0.573. The van der Waals surface area contributed by atoms with E-state index in [0.29, 0.717) is 11.7 Å². The van der Waals surface area contributed by atoms with E-state index >= 15 is 0 Å². The maximum atomic E-state index is 10.7. The van der Waals surface area contributed by atoms with Crippen LogP contribution < -0.4 is 0 Å². The van der Waals surface area contributed by atoms with E-state index in [-0.39, 0.29) is 0 Å². The zero-order valence-corrected chi connectivity index (χ0v) is 20.5. The van der Waals surface area contributed by atoms with Gasteiger partial charge in [-0.25, -0.2) is 0 Å². The van der Waals surface area contributed by atoms with Gasteiger partial charge in [-0.05, 0) is 91.4 Å². The van der Waals surface area contributed by atoms with Crippen LogP contribution >= 0.6 is 0 Å². The van der Waals surface area contributed by atoms with Crippen LogP contribution in [-0.2, 0) is 0 Å². The molecule has 3 fully saturated rings. The van der Waals surface area contributed by atoms with E-state index in [1.54, 1.807) is 5.56 Å². The summed E-state index contributed by atoms with van der Waals surface area (Å²) in [5.74, 6) is 4.84. The van der Waals surface area contributed by atoms with Crippen molar-refractivity contribution >= 4 is 0 Å². The first-order chi connectivity index (χ1) is 15.2. The Morgan fingerprint density at radius 2 is 1.48 bits per heavy atom. The summed E-state index contributed by atoms with van der Waals surface area (Å²) in [5.41, 5.74) is 4.21. The van der Waals surface area contributed by atoms with Crippen LogP contribution in [0, 0.1) is 24.7 Å². The van der Waals surface area contributed by atoms with E-state index in [0.717, 1.165) is 23.7 Å². The normalized spacial score (nSPS) is 28.5. The van der Waals surface area contributed by atoms with Gasteiger partial charge in [-0.2, -0.15) is 0 Å². The highest BCUT2D eigenvalue weighted by Gasteiger charge is 2.46. The molecular formula is C30H48O. The standard InChI is InChI=1S/C30H48O/c1-3-4-5-6-7-8-9-11-16-24-18-26-19-25(24)20-28(26)27-21-29(30(31)17-22(27)2)23-14-12-10-13-15-23/h17,21,23-26,28,31H,3-16,18-20H2,1-2H3. The lowest BCUT2D eigenvalue weighted by Crippen LogP contribution is -2.18. The highest BCUT2D eigenvalue weighted by Crippen LogP contribution is 2.58. The lowest BCUT2D eigenvalue weighted by molar-refractivity contribution is 0.281. The second-order valence-electron chi connectivity index (χ2n) is 11.5. The summed E-state index contributed by atoms with van der Waals surface area (Å²) in [5, 5.41) is 10.7. The van der Waals surface area contributed by atoms with E-state index in [2.05, 4.69) is 26.0 Å². The molecule has 0 spiro atoms. The Labute approximate surface area is 192 Å². The van der Waals surface area contributed by atoms with E-state index in [4.69, 9.17) is 0 Å². The van der Waals surface area contributed by atoms with Crippen LogP contribution in [0.1, 0.15) is 145 Å². The van der Waals surface area contributed by atoms with Gasteiger partial charge in [0, 0.05) is 0 Å². The Bertz CT molecular complexity index is 686. The summed E-state index contributed by atoms with van der Waals surface area (Å²) in [6.07, 6.45) is 24.0. The molecule has 0 aromatic heterocycles. The zero-order valence-electron chi connectivity index (χ0n) is 20.5. The third-order valence-electron chi connectivity index (χ3n) is 9.29. The third-order valence-corrected chi connectivity index (χ3v) is 9.29. The van der Waals surface area contributed by atoms with Crippen LogP contribution in [0.15, 0.2) is 12.1 Å². The first kappa shape index (κ1) is 23.2.